The van der Waals surface area contributed by atoms with Crippen LogP contribution in [0.3, 0.4) is 0 Å². The summed E-state index contributed by atoms with van der Waals surface area (Å²) < 4.78 is 0. The van der Waals surface area contributed by atoms with Gasteiger partial charge in [0, 0.05) is 22.7 Å². The molecule has 0 aliphatic rings. The summed E-state index contributed by atoms with van der Waals surface area (Å²) in [5, 5.41) is 3.54. The lowest BCUT2D eigenvalue weighted by atomic mass is 10.1. The number of carbonyl (C=O) groups excluding carboxylic acids is 3. The smallest absolute Gasteiger partial charge is 0.260 e. The van der Waals surface area contributed by atoms with Crippen LogP contribution in [0, 0.1) is 0 Å². The number of fused-ring (bicyclic) bond motifs is 1. The van der Waals surface area contributed by atoms with E-state index < -0.39 is 11.9 Å². The average molecular weight is 364 g/mol. The predicted molar refractivity (Wildman–Crippen MR) is 102 cm³/mol. The highest BCUT2D eigenvalue weighted by atomic mass is 16.2. The Morgan fingerprint density at radius 1 is 0.963 bits per heavy atom. The summed E-state index contributed by atoms with van der Waals surface area (Å²) in [7, 11) is 0. The van der Waals surface area contributed by atoms with Gasteiger partial charge in [0.1, 0.15) is 6.04 Å². The van der Waals surface area contributed by atoms with Crippen LogP contribution >= 0.6 is 0 Å². The van der Waals surface area contributed by atoms with Gasteiger partial charge in [-0.15, -0.1) is 0 Å². The van der Waals surface area contributed by atoms with E-state index in [1.807, 2.05) is 24.3 Å². The Morgan fingerprint density at radius 2 is 1.67 bits per heavy atom. The molecule has 4 N–H and O–H groups in total. The Balaban J connectivity index is 1.49. The second-order valence-corrected chi connectivity index (χ2v) is 6.13. The van der Waals surface area contributed by atoms with Crippen molar-refractivity contribution in [3.63, 3.8) is 0 Å². The molecule has 1 heterocycles. The maximum atomic E-state index is 12.1. The summed E-state index contributed by atoms with van der Waals surface area (Å²) >= 11 is 0. The molecule has 3 amide bonds. The molecule has 7 nitrogen and oxygen atoms in total. The van der Waals surface area contributed by atoms with Crippen molar-refractivity contribution in [2.24, 2.45) is 0 Å². The summed E-state index contributed by atoms with van der Waals surface area (Å²) in [4.78, 5) is 39.3. The van der Waals surface area contributed by atoms with Gasteiger partial charge in [-0.05, 0) is 30.7 Å². The molecule has 3 aromatic rings. The van der Waals surface area contributed by atoms with E-state index in [4.69, 9.17) is 0 Å². The van der Waals surface area contributed by atoms with Crippen molar-refractivity contribution in [1.82, 2.24) is 21.2 Å². The van der Waals surface area contributed by atoms with E-state index in [-0.39, 0.29) is 18.2 Å². The first-order valence-electron chi connectivity index (χ1n) is 8.54. The Kier molecular flexibility index (Phi) is 5.51. The highest BCUT2D eigenvalue weighted by Crippen LogP contribution is 2.17. The molecule has 0 fully saturated rings. The molecule has 0 bridgehead atoms. The fraction of sp³-hybridized carbons (Fsp3) is 0.150. The van der Waals surface area contributed by atoms with Crippen molar-refractivity contribution >= 4 is 28.6 Å². The van der Waals surface area contributed by atoms with Crippen LogP contribution in [0.4, 0.5) is 0 Å². The third-order valence-electron chi connectivity index (χ3n) is 4.13. The molecule has 7 heteroatoms. The molecular weight excluding hydrogens is 344 g/mol. The lowest BCUT2D eigenvalue weighted by molar-refractivity contribution is -0.129. The summed E-state index contributed by atoms with van der Waals surface area (Å²) in [5.41, 5.74) is 6.95. The van der Waals surface area contributed by atoms with Crippen LogP contribution < -0.4 is 16.2 Å². The quantitative estimate of drug-likeness (QED) is 0.518. The Bertz CT molecular complexity index is 966. The highest BCUT2D eigenvalue weighted by Gasteiger charge is 2.17. The van der Waals surface area contributed by atoms with Gasteiger partial charge in [0.15, 0.2) is 0 Å². The predicted octanol–water partition coefficient (Wildman–Crippen LogP) is 1.68. The maximum Gasteiger partial charge on any atom is 0.260 e. The summed E-state index contributed by atoms with van der Waals surface area (Å²) in [6.07, 6.45) is 1.89. The van der Waals surface area contributed by atoms with Crippen LogP contribution in [0.1, 0.15) is 22.8 Å². The SMILES string of the molecule is C[C@H](NC(=O)c1ccccc1)C(=O)NNC(=O)Cc1c[nH]c2ccccc12. The minimum absolute atomic E-state index is 0.120. The van der Waals surface area contributed by atoms with E-state index in [9.17, 15) is 14.4 Å². The van der Waals surface area contributed by atoms with Crippen molar-refractivity contribution in [3.8, 4) is 0 Å². The molecule has 1 atom stereocenters. The molecule has 0 unspecified atom stereocenters. The van der Waals surface area contributed by atoms with Gasteiger partial charge in [-0.25, -0.2) is 0 Å². The number of benzene rings is 2. The minimum atomic E-state index is -0.800. The number of amides is 3. The van der Waals surface area contributed by atoms with Crippen LogP contribution in [-0.2, 0) is 16.0 Å². The van der Waals surface area contributed by atoms with Gasteiger partial charge >= 0.3 is 0 Å². The minimum Gasteiger partial charge on any atom is -0.361 e. The lowest BCUT2D eigenvalue weighted by Gasteiger charge is -2.14. The number of hydrazine groups is 1. The second-order valence-electron chi connectivity index (χ2n) is 6.13. The molecule has 0 aliphatic heterocycles. The van der Waals surface area contributed by atoms with E-state index in [1.165, 1.54) is 0 Å². The van der Waals surface area contributed by atoms with Gasteiger partial charge in [0.25, 0.3) is 11.8 Å². The van der Waals surface area contributed by atoms with E-state index in [0.717, 1.165) is 16.5 Å². The fourth-order valence-corrected chi connectivity index (χ4v) is 2.67. The number of para-hydroxylation sites is 1. The molecule has 0 spiro atoms. The lowest BCUT2D eigenvalue weighted by Crippen LogP contribution is -2.51. The zero-order valence-corrected chi connectivity index (χ0v) is 14.8. The normalized spacial score (nSPS) is 11.6. The molecule has 3 rings (SSSR count). The van der Waals surface area contributed by atoms with Gasteiger partial charge in [0.05, 0.1) is 6.42 Å². The number of aromatic amines is 1. The second kappa shape index (κ2) is 8.18. The largest absolute Gasteiger partial charge is 0.361 e. The van der Waals surface area contributed by atoms with E-state index in [1.54, 1.807) is 43.5 Å². The van der Waals surface area contributed by atoms with Gasteiger partial charge in [0.2, 0.25) is 5.91 Å². The van der Waals surface area contributed by atoms with Gasteiger partial charge in [-0.3, -0.25) is 25.2 Å². The summed E-state index contributed by atoms with van der Waals surface area (Å²) in [6.45, 7) is 1.54. The number of aromatic nitrogens is 1. The van der Waals surface area contributed by atoms with E-state index in [0.29, 0.717) is 5.56 Å². The van der Waals surface area contributed by atoms with Crippen LogP contribution in [0.2, 0.25) is 0 Å². The van der Waals surface area contributed by atoms with Crippen LogP contribution in [0.25, 0.3) is 10.9 Å². The zero-order valence-electron chi connectivity index (χ0n) is 14.8. The van der Waals surface area contributed by atoms with Gasteiger partial charge in [-0.2, -0.15) is 0 Å². The summed E-state index contributed by atoms with van der Waals surface area (Å²) in [5.74, 6) is -1.22. The average Bonchev–Trinajstić information content (AvgIpc) is 3.09. The molecule has 0 saturated carbocycles. The topological polar surface area (TPSA) is 103 Å². The summed E-state index contributed by atoms with van der Waals surface area (Å²) in [6, 6.07) is 15.5. The number of hydrogen-bond donors (Lipinski definition) is 4. The molecule has 0 radical (unpaired) electrons. The van der Waals surface area contributed by atoms with Crippen molar-refractivity contribution in [2.75, 3.05) is 0 Å². The van der Waals surface area contributed by atoms with Crippen LogP contribution in [-0.4, -0.2) is 28.7 Å². The Labute approximate surface area is 156 Å². The molecule has 1 aromatic heterocycles. The first kappa shape index (κ1) is 18.2. The highest BCUT2D eigenvalue weighted by molar-refractivity contribution is 5.97. The van der Waals surface area contributed by atoms with Crippen molar-refractivity contribution in [1.29, 1.82) is 0 Å². The van der Waals surface area contributed by atoms with Gasteiger partial charge < -0.3 is 10.3 Å². The third-order valence-corrected chi connectivity index (χ3v) is 4.13. The standard InChI is InChI=1S/C20H20N4O3/c1-13(22-20(27)14-7-3-2-4-8-14)19(26)24-23-18(25)11-15-12-21-17-10-6-5-9-16(15)17/h2-10,12-13,21H,11H2,1H3,(H,22,27)(H,23,25)(H,24,26)/t13-/m0/s1. The van der Waals surface area contributed by atoms with E-state index >= 15 is 0 Å². The number of H-pyrrole nitrogens is 1. The number of rotatable bonds is 5. The Morgan fingerprint density at radius 3 is 2.44 bits per heavy atom. The molecule has 0 saturated heterocycles. The molecule has 0 aliphatic carbocycles. The fourth-order valence-electron chi connectivity index (χ4n) is 2.67. The molecule has 27 heavy (non-hydrogen) atoms. The van der Waals surface area contributed by atoms with Crippen molar-refractivity contribution in [2.45, 2.75) is 19.4 Å². The molecule has 2 aromatic carbocycles. The van der Waals surface area contributed by atoms with E-state index in [2.05, 4.69) is 21.2 Å². The molecule has 138 valence electrons. The van der Waals surface area contributed by atoms with Crippen molar-refractivity contribution in [3.05, 3.63) is 71.9 Å². The number of carbonyl (C=O) groups is 3. The Hall–Kier alpha value is -3.61. The third kappa shape index (κ3) is 4.52. The first-order valence-corrected chi connectivity index (χ1v) is 8.54. The van der Waals surface area contributed by atoms with Crippen LogP contribution in [0.15, 0.2) is 60.8 Å². The van der Waals surface area contributed by atoms with Crippen LogP contribution in [0.5, 0.6) is 0 Å². The number of nitrogens with one attached hydrogen (secondary N) is 4. The molecular formula is C20H20N4O3. The monoisotopic (exact) mass is 364 g/mol. The number of hydrogen-bond acceptors (Lipinski definition) is 3. The first-order chi connectivity index (χ1) is 13.0. The maximum absolute atomic E-state index is 12.1. The van der Waals surface area contributed by atoms with Gasteiger partial charge in [-0.1, -0.05) is 36.4 Å². The zero-order chi connectivity index (χ0) is 19.2. The van der Waals surface area contributed by atoms with Crippen molar-refractivity contribution < 1.29 is 14.4 Å².